The van der Waals surface area contributed by atoms with Crippen molar-refractivity contribution in [3.8, 4) is 21.8 Å². The first-order chi connectivity index (χ1) is 9.24. The Morgan fingerprint density at radius 3 is 2.53 bits per heavy atom. The van der Waals surface area contributed by atoms with Crippen molar-refractivity contribution >= 4 is 22.9 Å². The van der Waals surface area contributed by atoms with Crippen molar-refractivity contribution in [1.29, 1.82) is 0 Å². The molecule has 3 rings (SSSR count). The second-order valence-corrected chi connectivity index (χ2v) is 5.30. The van der Waals surface area contributed by atoms with E-state index in [2.05, 4.69) is 4.98 Å². The van der Waals surface area contributed by atoms with Gasteiger partial charge in [0.05, 0.1) is 10.7 Å². The zero-order valence-electron chi connectivity index (χ0n) is 9.81. The van der Waals surface area contributed by atoms with Gasteiger partial charge in [0, 0.05) is 16.5 Å². The van der Waals surface area contributed by atoms with Gasteiger partial charge in [-0.1, -0.05) is 41.9 Å². The van der Waals surface area contributed by atoms with Crippen LogP contribution in [-0.4, -0.2) is 4.98 Å². The van der Waals surface area contributed by atoms with Crippen LogP contribution in [0.5, 0.6) is 0 Å². The SMILES string of the molecule is Fc1ccc(-c2nc(-c3ccccc3)cs2)cc1Cl. The van der Waals surface area contributed by atoms with Crippen molar-refractivity contribution in [1.82, 2.24) is 4.98 Å². The predicted molar refractivity (Wildman–Crippen MR) is 78.0 cm³/mol. The fraction of sp³-hybridized carbons (Fsp3) is 0. The molecule has 4 heteroatoms. The van der Waals surface area contributed by atoms with E-state index < -0.39 is 5.82 Å². The summed E-state index contributed by atoms with van der Waals surface area (Å²) in [5.41, 5.74) is 2.82. The minimum atomic E-state index is -0.412. The molecular formula is C15H9ClFNS. The highest BCUT2D eigenvalue weighted by atomic mass is 35.5. The maximum atomic E-state index is 13.1. The smallest absolute Gasteiger partial charge is 0.141 e. The molecule has 0 aliphatic rings. The van der Waals surface area contributed by atoms with Gasteiger partial charge in [-0.15, -0.1) is 11.3 Å². The van der Waals surface area contributed by atoms with E-state index in [0.29, 0.717) is 0 Å². The van der Waals surface area contributed by atoms with Crippen molar-refractivity contribution in [2.75, 3.05) is 0 Å². The van der Waals surface area contributed by atoms with E-state index in [0.717, 1.165) is 21.8 Å². The molecule has 0 atom stereocenters. The van der Waals surface area contributed by atoms with Gasteiger partial charge in [0.15, 0.2) is 0 Å². The highest BCUT2D eigenvalue weighted by molar-refractivity contribution is 7.13. The molecule has 2 aromatic carbocycles. The van der Waals surface area contributed by atoms with Gasteiger partial charge in [-0.2, -0.15) is 0 Å². The van der Waals surface area contributed by atoms with Gasteiger partial charge in [0.2, 0.25) is 0 Å². The first kappa shape index (κ1) is 12.3. The molecule has 0 amide bonds. The third kappa shape index (κ3) is 2.53. The summed E-state index contributed by atoms with van der Waals surface area (Å²) in [6.07, 6.45) is 0. The Hall–Kier alpha value is -1.71. The van der Waals surface area contributed by atoms with Gasteiger partial charge in [0.25, 0.3) is 0 Å². The standard InChI is InChI=1S/C15H9ClFNS/c16-12-8-11(6-7-13(12)17)15-18-14(9-19-15)10-4-2-1-3-5-10/h1-9H. The van der Waals surface area contributed by atoms with E-state index in [4.69, 9.17) is 11.6 Å². The molecule has 0 bridgehead atoms. The van der Waals surface area contributed by atoms with E-state index in [1.807, 2.05) is 35.7 Å². The molecule has 0 saturated carbocycles. The minimum absolute atomic E-state index is 0.119. The second-order valence-electron chi connectivity index (χ2n) is 4.03. The van der Waals surface area contributed by atoms with Crippen molar-refractivity contribution in [2.45, 2.75) is 0 Å². The highest BCUT2D eigenvalue weighted by Crippen LogP contribution is 2.30. The lowest BCUT2D eigenvalue weighted by atomic mass is 10.2. The summed E-state index contributed by atoms with van der Waals surface area (Å²) in [5, 5.41) is 2.94. The quantitative estimate of drug-likeness (QED) is 0.626. The molecular weight excluding hydrogens is 281 g/mol. The Balaban J connectivity index is 1.99. The molecule has 94 valence electrons. The minimum Gasteiger partial charge on any atom is -0.236 e. The fourth-order valence-corrected chi connectivity index (χ4v) is 2.78. The number of nitrogens with zero attached hydrogens (tertiary/aromatic N) is 1. The average molecular weight is 290 g/mol. The van der Waals surface area contributed by atoms with Crippen LogP contribution in [0.15, 0.2) is 53.9 Å². The normalized spacial score (nSPS) is 10.6. The third-order valence-electron chi connectivity index (χ3n) is 2.74. The van der Waals surface area contributed by atoms with Crippen LogP contribution in [0.3, 0.4) is 0 Å². The van der Waals surface area contributed by atoms with Crippen LogP contribution >= 0.6 is 22.9 Å². The summed E-state index contributed by atoms with van der Waals surface area (Å²) in [7, 11) is 0. The van der Waals surface area contributed by atoms with Crippen molar-refractivity contribution < 1.29 is 4.39 Å². The summed E-state index contributed by atoms with van der Waals surface area (Å²) in [4.78, 5) is 4.56. The zero-order valence-corrected chi connectivity index (χ0v) is 11.4. The summed E-state index contributed by atoms with van der Waals surface area (Å²) in [6.45, 7) is 0. The van der Waals surface area contributed by atoms with Crippen LogP contribution in [0, 0.1) is 5.82 Å². The van der Waals surface area contributed by atoms with Gasteiger partial charge < -0.3 is 0 Å². The second kappa shape index (κ2) is 5.11. The summed E-state index contributed by atoms with van der Waals surface area (Å²) in [5.74, 6) is -0.412. The molecule has 0 aliphatic heterocycles. The molecule has 0 fully saturated rings. The number of aromatic nitrogens is 1. The summed E-state index contributed by atoms with van der Waals surface area (Å²) < 4.78 is 13.1. The largest absolute Gasteiger partial charge is 0.236 e. The van der Waals surface area contributed by atoms with Gasteiger partial charge in [0.1, 0.15) is 10.8 Å². The number of benzene rings is 2. The molecule has 1 nitrogen and oxygen atoms in total. The molecule has 0 N–H and O–H groups in total. The number of hydrogen-bond donors (Lipinski definition) is 0. The third-order valence-corrected chi connectivity index (χ3v) is 3.92. The van der Waals surface area contributed by atoms with Crippen LogP contribution in [0.25, 0.3) is 21.8 Å². The molecule has 1 heterocycles. The lowest BCUT2D eigenvalue weighted by Gasteiger charge is -1.98. The fourth-order valence-electron chi connectivity index (χ4n) is 1.78. The van der Waals surface area contributed by atoms with Gasteiger partial charge in [-0.25, -0.2) is 9.37 Å². The van der Waals surface area contributed by atoms with Gasteiger partial charge >= 0.3 is 0 Å². The first-order valence-corrected chi connectivity index (χ1v) is 6.96. The van der Waals surface area contributed by atoms with Gasteiger partial charge in [-0.05, 0) is 18.2 Å². The van der Waals surface area contributed by atoms with E-state index >= 15 is 0 Å². The maximum Gasteiger partial charge on any atom is 0.141 e. The van der Waals surface area contributed by atoms with E-state index in [-0.39, 0.29) is 5.02 Å². The van der Waals surface area contributed by atoms with Crippen molar-refractivity contribution in [3.63, 3.8) is 0 Å². The molecule has 0 unspecified atom stereocenters. The highest BCUT2D eigenvalue weighted by Gasteiger charge is 2.08. The molecule has 1 aromatic heterocycles. The number of thiazole rings is 1. The van der Waals surface area contributed by atoms with E-state index in [9.17, 15) is 4.39 Å². The van der Waals surface area contributed by atoms with Gasteiger partial charge in [-0.3, -0.25) is 0 Å². The molecule has 0 saturated heterocycles. The lowest BCUT2D eigenvalue weighted by molar-refractivity contribution is 0.628. The molecule has 3 aromatic rings. The van der Waals surface area contributed by atoms with Crippen LogP contribution in [0.1, 0.15) is 0 Å². The zero-order chi connectivity index (χ0) is 13.2. The van der Waals surface area contributed by atoms with Crippen LogP contribution in [0.2, 0.25) is 5.02 Å². The average Bonchev–Trinajstić information content (AvgIpc) is 2.93. The maximum absolute atomic E-state index is 13.1. The Labute approximate surface area is 119 Å². The molecule has 0 radical (unpaired) electrons. The molecule has 19 heavy (non-hydrogen) atoms. The molecule has 0 spiro atoms. The monoisotopic (exact) mass is 289 g/mol. The Bertz CT molecular complexity index is 709. The first-order valence-electron chi connectivity index (χ1n) is 5.70. The predicted octanol–water partition coefficient (Wildman–Crippen LogP) is 5.27. The van der Waals surface area contributed by atoms with Crippen LogP contribution < -0.4 is 0 Å². The van der Waals surface area contributed by atoms with Crippen molar-refractivity contribution in [3.05, 3.63) is 64.8 Å². The molecule has 0 aliphatic carbocycles. The number of rotatable bonds is 2. The summed E-state index contributed by atoms with van der Waals surface area (Å²) in [6, 6.07) is 14.6. The number of hydrogen-bond acceptors (Lipinski definition) is 2. The Morgan fingerprint density at radius 1 is 1.00 bits per heavy atom. The Morgan fingerprint density at radius 2 is 1.79 bits per heavy atom. The van der Waals surface area contributed by atoms with E-state index in [1.165, 1.54) is 17.4 Å². The van der Waals surface area contributed by atoms with Crippen LogP contribution in [0.4, 0.5) is 4.39 Å². The van der Waals surface area contributed by atoms with E-state index in [1.54, 1.807) is 12.1 Å². The summed E-state index contributed by atoms with van der Waals surface area (Å²) >= 11 is 7.31. The number of halogens is 2. The lowest BCUT2D eigenvalue weighted by Crippen LogP contribution is -1.81. The van der Waals surface area contributed by atoms with Crippen molar-refractivity contribution in [2.24, 2.45) is 0 Å². The Kier molecular flexibility index (Phi) is 3.32. The van der Waals surface area contributed by atoms with Crippen LogP contribution in [-0.2, 0) is 0 Å². The topological polar surface area (TPSA) is 12.9 Å².